The summed E-state index contributed by atoms with van der Waals surface area (Å²) < 4.78 is 0. The molecule has 0 aliphatic heterocycles. The quantitative estimate of drug-likeness (QED) is 0.829. The molecule has 0 aromatic heterocycles. The molecule has 0 spiro atoms. The van der Waals surface area contributed by atoms with E-state index < -0.39 is 11.0 Å². The van der Waals surface area contributed by atoms with Gasteiger partial charge in [-0.05, 0) is 60.8 Å². The van der Waals surface area contributed by atoms with E-state index in [0.29, 0.717) is 19.3 Å². The molecule has 0 bridgehead atoms. The summed E-state index contributed by atoms with van der Waals surface area (Å²) in [7, 11) is 0. The number of hydrogen-bond donors (Lipinski definition) is 1. The normalized spacial score (nSPS) is 31.6. The van der Waals surface area contributed by atoms with Crippen LogP contribution in [0.2, 0.25) is 0 Å². The molecule has 0 radical (unpaired) electrons. The molecule has 1 saturated carbocycles. The Morgan fingerprint density at radius 3 is 2.54 bits per heavy atom. The van der Waals surface area contributed by atoms with E-state index in [0.717, 1.165) is 16.7 Å². The van der Waals surface area contributed by atoms with E-state index in [-0.39, 0.29) is 11.7 Å². The maximum Gasteiger partial charge on any atom is 0.142 e. The van der Waals surface area contributed by atoms with Gasteiger partial charge in [0, 0.05) is 11.3 Å². The number of ketones is 1. The standard InChI is InChI=1S/C21H22O2S/c1-20-12-15-5-3-4-6-18(15)21(20,23)13-16(11-19(20)22)14-7-9-17(24-2)10-8-14/h3-10,16,23H,11-13H2,1-2H3/t16-,20-,21+/m0/s1. The molecular weight excluding hydrogens is 316 g/mol. The Balaban J connectivity index is 1.75. The smallest absolute Gasteiger partial charge is 0.142 e. The largest absolute Gasteiger partial charge is 0.384 e. The van der Waals surface area contributed by atoms with Crippen molar-refractivity contribution in [2.75, 3.05) is 6.26 Å². The van der Waals surface area contributed by atoms with E-state index in [2.05, 4.69) is 30.5 Å². The Labute approximate surface area is 147 Å². The average molecular weight is 338 g/mol. The van der Waals surface area contributed by atoms with Crippen LogP contribution in [-0.2, 0) is 16.8 Å². The molecular formula is C21H22O2S. The van der Waals surface area contributed by atoms with Crippen molar-refractivity contribution in [2.45, 2.75) is 42.6 Å². The van der Waals surface area contributed by atoms with Crippen molar-refractivity contribution in [2.24, 2.45) is 5.41 Å². The molecule has 24 heavy (non-hydrogen) atoms. The van der Waals surface area contributed by atoms with Crippen LogP contribution in [0.15, 0.2) is 53.4 Å². The van der Waals surface area contributed by atoms with Gasteiger partial charge in [0.25, 0.3) is 0 Å². The van der Waals surface area contributed by atoms with Gasteiger partial charge in [-0.3, -0.25) is 4.79 Å². The molecule has 2 aliphatic carbocycles. The molecule has 124 valence electrons. The summed E-state index contributed by atoms with van der Waals surface area (Å²) in [6.07, 6.45) is 3.84. The van der Waals surface area contributed by atoms with E-state index >= 15 is 0 Å². The molecule has 0 unspecified atom stereocenters. The van der Waals surface area contributed by atoms with Gasteiger partial charge in [-0.2, -0.15) is 0 Å². The zero-order valence-electron chi connectivity index (χ0n) is 14.1. The molecule has 3 atom stereocenters. The first-order chi connectivity index (χ1) is 11.5. The topological polar surface area (TPSA) is 37.3 Å². The highest BCUT2D eigenvalue weighted by Gasteiger charge is 2.61. The second-order valence-corrected chi connectivity index (χ2v) is 8.21. The Morgan fingerprint density at radius 2 is 1.83 bits per heavy atom. The predicted molar refractivity (Wildman–Crippen MR) is 97.4 cm³/mol. The summed E-state index contributed by atoms with van der Waals surface area (Å²) in [5.74, 6) is 0.268. The van der Waals surface area contributed by atoms with Crippen molar-refractivity contribution in [3.05, 3.63) is 65.2 Å². The van der Waals surface area contributed by atoms with Crippen molar-refractivity contribution in [1.29, 1.82) is 0 Å². The fraction of sp³-hybridized carbons (Fsp3) is 0.381. The molecule has 0 saturated heterocycles. The molecule has 2 nitrogen and oxygen atoms in total. The Hall–Kier alpha value is -1.58. The minimum atomic E-state index is -1.05. The molecule has 0 heterocycles. The molecule has 2 aromatic carbocycles. The number of hydrogen-bond acceptors (Lipinski definition) is 3. The summed E-state index contributed by atoms with van der Waals surface area (Å²) in [5.41, 5.74) is 1.48. The maximum absolute atomic E-state index is 13.0. The van der Waals surface area contributed by atoms with Gasteiger partial charge in [-0.15, -0.1) is 11.8 Å². The van der Waals surface area contributed by atoms with Gasteiger partial charge in [0.2, 0.25) is 0 Å². The fourth-order valence-electron chi connectivity index (χ4n) is 4.56. The first-order valence-corrected chi connectivity index (χ1v) is 9.68. The number of carbonyl (C=O) groups is 1. The van der Waals surface area contributed by atoms with E-state index in [1.54, 1.807) is 11.8 Å². The van der Waals surface area contributed by atoms with Gasteiger partial charge in [0.1, 0.15) is 11.4 Å². The lowest BCUT2D eigenvalue weighted by atomic mass is 9.60. The number of aliphatic hydroxyl groups is 1. The third-order valence-electron chi connectivity index (χ3n) is 6.10. The number of benzene rings is 2. The van der Waals surface area contributed by atoms with Crippen molar-refractivity contribution in [1.82, 2.24) is 0 Å². The highest BCUT2D eigenvalue weighted by Crippen LogP contribution is 2.59. The molecule has 2 aromatic rings. The fourth-order valence-corrected chi connectivity index (χ4v) is 4.96. The van der Waals surface area contributed by atoms with Crippen LogP contribution in [0.5, 0.6) is 0 Å². The summed E-state index contributed by atoms with van der Waals surface area (Å²) in [6, 6.07) is 16.4. The zero-order valence-corrected chi connectivity index (χ0v) is 14.9. The first-order valence-electron chi connectivity index (χ1n) is 8.46. The third-order valence-corrected chi connectivity index (χ3v) is 6.84. The van der Waals surface area contributed by atoms with E-state index in [9.17, 15) is 9.90 Å². The lowest BCUT2D eigenvalue weighted by molar-refractivity contribution is -0.155. The molecule has 4 rings (SSSR count). The third kappa shape index (κ3) is 2.11. The summed E-state index contributed by atoms with van der Waals surface area (Å²) >= 11 is 1.71. The lowest BCUT2D eigenvalue weighted by Gasteiger charge is -2.46. The highest BCUT2D eigenvalue weighted by atomic mass is 32.2. The second kappa shape index (κ2) is 5.47. The number of fused-ring (bicyclic) bond motifs is 3. The van der Waals surface area contributed by atoms with Gasteiger partial charge in [0.05, 0.1) is 5.41 Å². The number of thioether (sulfide) groups is 1. The van der Waals surface area contributed by atoms with Gasteiger partial charge in [0.15, 0.2) is 0 Å². The second-order valence-electron chi connectivity index (χ2n) is 7.33. The predicted octanol–water partition coefficient (Wildman–Crippen LogP) is 4.31. The van der Waals surface area contributed by atoms with E-state index in [4.69, 9.17) is 0 Å². The van der Waals surface area contributed by atoms with E-state index in [1.807, 2.05) is 31.2 Å². The molecule has 3 heteroatoms. The summed E-state index contributed by atoms with van der Waals surface area (Å²) in [5, 5.41) is 11.6. The minimum Gasteiger partial charge on any atom is -0.384 e. The highest BCUT2D eigenvalue weighted by molar-refractivity contribution is 7.98. The number of carbonyl (C=O) groups excluding carboxylic acids is 1. The maximum atomic E-state index is 13.0. The van der Waals surface area contributed by atoms with Crippen LogP contribution in [0.4, 0.5) is 0 Å². The van der Waals surface area contributed by atoms with Gasteiger partial charge < -0.3 is 5.11 Å². The summed E-state index contributed by atoms with van der Waals surface area (Å²) in [4.78, 5) is 14.2. The average Bonchev–Trinajstić information content (AvgIpc) is 2.84. The van der Waals surface area contributed by atoms with Crippen LogP contribution in [0.3, 0.4) is 0 Å². The van der Waals surface area contributed by atoms with Crippen molar-refractivity contribution in [3.8, 4) is 0 Å². The van der Waals surface area contributed by atoms with Crippen LogP contribution in [0.1, 0.15) is 42.4 Å². The monoisotopic (exact) mass is 338 g/mol. The van der Waals surface area contributed by atoms with Crippen molar-refractivity contribution in [3.63, 3.8) is 0 Å². The molecule has 1 fully saturated rings. The van der Waals surface area contributed by atoms with Crippen LogP contribution < -0.4 is 0 Å². The Kier molecular flexibility index (Phi) is 3.63. The molecule has 2 aliphatic rings. The van der Waals surface area contributed by atoms with Crippen LogP contribution in [0, 0.1) is 5.41 Å². The summed E-state index contributed by atoms with van der Waals surface area (Å²) in [6.45, 7) is 1.95. The number of Topliss-reactive ketones (excluding diaryl/α,β-unsaturated/α-hetero) is 1. The van der Waals surface area contributed by atoms with Crippen LogP contribution in [-0.4, -0.2) is 17.1 Å². The van der Waals surface area contributed by atoms with Gasteiger partial charge in [-0.25, -0.2) is 0 Å². The van der Waals surface area contributed by atoms with Gasteiger partial charge >= 0.3 is 0 Å². The first kappa shape index (κ1) is 15.9. The van der Waals surface area contributed by atoms with Crippen molar-refractivity contribution < 1.29 is 9.90 Å². The van der Waals surface area contributed by atoms with Gasteiger partial charge in [-0.1, -0.05) is 36.4 Å². The lowest BCUT2D eigenvalue weighted by Crippen LogP contribution is -2.51. The zero-order chi connectivity index (χ0) is 16.9. The van der Waals surface area contributed by atoms with Crippen LogP contribution in [0.25, 0.3) is 0 Å². The Morgan fingerprint density at radius 1 is 1.12 bits per heavy atom. The molecule has 1 N–H and O–H groups in total. The Bertz CT molecular complexity index is 798. The van der Waals surface area contributed by atoms with E-state index in [1.165, 1.54) is 4.90 Å². The molecule has 0 amide bonds. The van der Waals surface area contributed by atoms with Crippen LogP contribution >= 0.6 is 11.8 Å². The minimum absolute atomic E-state index is 0.0811. The van der Waals surface area contributed by atoms with Crippen molar-refractivity contribution >= 4 is 17.5 Å². The SMILES string of the molecule is CSc1ccc([C@H]2CC(=O)[C@]3(C)Cc4ccccc4[C@]3(O)C2)cc1. The number of rotatable bonds is 2.